The second-order valence-electron chi connectivity index (χ2n) is 6.65. The highest BCUT2D eigenvalue weighted by atomic mass is 35.5. The largest absolute Gasteiger partial charge is 0.393 e. The highest BCUT2D eigenvalue weighted by Crippen LogP contribution is 2.38. The van der Waals surface area contributed by atoms with E-state index in [0.717, 1.165) is 4.68 Å². The molecule has 1 saturated heterocycles. The van der Waals surface area contributed by atoms with Gasteiger partial charge in [0.2, 0.25) is 0 Å². The Morgan fingerprint density at radius 3 is 2.46 bits per heavy atom. The lowest BCUT2D eigenvalue weighted by Crippen LogP contribution is -2.47. The van der Waals surface area contributed by atoms with Crippen LogP contribution < -0.4 is 10.5 Å². The predicted octanol–water partition coefficient (Wildman–Crippen LogP) is 3.96. The van der Waals surface area contributed by atoms with Gasteiger partial charge in [0, 0.05) is 24.7 Å². The van der Waals surface area contributed by atoms with Gasteiger partial charge in [0.25, 0.3) is 11.2 Å². The minimum atomic E-state index is -4.33. The number of halogens is 4. The summed E-state index contributed by atoms with van der Waals surface area (Å²) in [4.78, 5) is 24.2. The zero-order chi connectivity index (χ0) is 20.6. The summed E-state index contributed by atoms with van der Waals surface area (Å²) in [6.45, 7) is 1.47. The van der Waals surface area contributed by atoms with Gasteiger partial charge < -0.3 is 4.90 Å². The van der Waals surface area contributed by atoms with Crippen LogP contribution in [0.5, 0.6) is 0 Å². The van der Waals surface area contributed by atoms with Crippen LogP contribution in [0.2, 0.25) is 5.02 Å². The molecule has 7 nitrogen and oxygen atoms in total. The molecular formula is C17H16ClF3N4O3. The SMILES string of the molecule is CC1CCC(C(F)(F)F)CN1c1cnn(-c2ccc([N+](=O)[O-])cc2)c(=O)c1Cl. The van der Waals surface area contributed by atoms with Gasteiger partial charge in [0.05, 0.1) is 28.4 Å². The Bertz CT molecular complexity index is 946. The molecule has 0 amide bonds. The number of nitro groups is 1. The van der Waals surface area contributed by atoms with Crippen LogP contribution in [0.25, 0.3) is 5.69 Å². The fourth-order valence-electron chi connectivity index (χ4n) is 3.23. The molecule has 1 aromatic heterocycles. The highest BCUT2D eigenvalue weighted by molar-refractivity contribution is 6.33. The number of rotatable bonds is 3. The number of piperidine rings is 1. The maximum Gasteiger partial charge on any atom is 0.393 e. The monoisotopic (exact) mass is 416 g/mol. The fraction of sp³-hybridized carbons (Fsp3) is 0.412. The molecule has 0 N–H and O–H groups in total. The lowest BCUT2D eigenvalue weighted by atomic mass is 9.92. The first kappa shape index (κ1) is 20.1. The first-order chi connectivity index (χ1) is 13.1. The Kier molecular flexibility index (Phi) is 5.33. The van der Waals surface area contributed by atoms with E-state index in [0.29, 0.717) is 6.42 Å². The molecule has 0 spiro atoms. The van der Waals surface area contributed by atoms with Crippen molar-refractivity contribution in [2.45, 2.75) is 32.0 Å². The summed E-state index contributed by atoms with van der Waals surface area (Å²) in [5.41, 5.74) is -0.468. The molecule has 11 heteroatoms. The lowest BCUT2D eigenvalue weighted by molar-refractivity contribution is -0.384. The third-order valence-corrected chi connectivity index (χ3v) is 5.22. The predicted molar refractivity (Wildman–Crippen MR) is 97.1 cm³/mol. The Morgan fingerprint density at radius 2 is 1.89 bits per heavy atom. The van der Waals surface area contributed by atoms with E-state index >= 15 is 0 Å². The molecule has 2 aromatic rings. The Balaban J connectivity index is 1.95. The van der Waals surface area contributed by atoms with E-state index in [2.05, 4.69) is 5.10 Å². The highest BCUT2D eigenvalue weighted by Gasteiger charge is 2.43. The number of nitro benzene ring substituents is 1. The van der Waals surface area contributed by atoms with E-state index < -0.39 is 22.6 Å². The zero-order valence-electron chi connectivity index (χ0n) is 14.7. The smallest absolute Gasteiger partial charge is 0.366 e. The molecule has 1 fully saturated rings. The summed E-state index contributed by atoms with van der Waals surface area (Å²) in [5.74, 6) is -1.50. The summed E-state index contributed by atoms with van der Waals surface area (Å²) < 4.78 is 40.3. The summed E-state index contributed by atoms with van der Waals surface area (Å²) in [7, 11) is 0. The van der Waals surface area contributed by atoms with Gasteiger partial charge in [0.1, 0.15) is 5.02 Å². The molecule has 1 aliphatic heterocycles. The van der Waals surface area contributed by atoms with Crippen molar-refractivity contribution in [1.29, 1.82) is 0 Å². The molecule has 2 heterocycles. The van der Waals surface area contributed by atoms with Crippen LogP contribution in [0.4, 0.5) is 24.5 Å². The van der Waals surface area contributed by atoms with Crippen LogP contribution in [-0.2, 0) is 0 Å². The van der Waals surface area contributed by atoms with Crippen LogP contribution in [0, 0.1) is 16.0 Å². The van der Waals surface area contributed by atoms with Gasteiger partial charge in [-0.15, -0.1) is 0 Å². The number of aromatic nitrogens is 2. The van der Waals surface area contributed by atoms with Gasteiger partial charge in [-0.1, -0.05) is 11.6 Å². The van der Waals surface area contributed by atoms with Gasteiger partial charge >= 0.3 is 6.18 Å². The molecule has 28 heavy (non-hydrogen) atoms. The van der Waals surface area contributed by atoms with Gasteiger partial charge in [-0.2, -0.15) is 23.0 Å². The average Bonchev–Trinajstić information content (AvgIpc) is 2.64. The molecule has 0 bridgehead atoms. The minimum absolute atomic E-state index is 0.0199. The van der Waals surface area contributed by atoms with E-state index in [1.807, 2.05) is 0 Å². The fourth-order valence-corrected chi connectivity index (χ4v) is 3.47. The van der Waals surface area contributed by atoms with Crippen LogP contribution >= 0.6 is 11.6 Å². The van der Waals surface area contributed by atoms with E-state index in [1.54, 1.807) is 6.92 Å². The molecule has 0 radical (unpaired) electrons. The molecule has 2 atom stereocenters. The molecule has 0 aliphatic carbocycles. The lowest BCUT2D eigenvalue weighted by Gasteiger charge is -2.40. The van der Waals surface area contributed by atoms with Gasteiger partial charge in [-0.05, 0) is 31.9 Å². The van der Waals surface area contributed by atoms with E-state index in [1.165, 1.54) is 35.4 Å². The van der Waals surface area contributed by atoms with Crippen LogP contribution in [0.1, 0.15) is 19.8 Å². The first-order valence-electron chi connectivity index (χ1n) is 8.45. The molecule has 2 unspecified atom stereocenters. The molecule has 150 valence electrons. The number of nitrogens with zero attached hydrogens (tertiary/aromatic N) is 4. The van der Waals surface area contributed by atoms with E-state index in [-0.39, 0.29) is 41.1 Å². The van der Waals surface area contributed by atoms with Gasteiger partial charge in [-0.25, -0.2) is 0 Å². The Hall–Kier alpha value is -2.62. The van der Waals surface area contributed by atoms with Crippen LogP contribution in [0.3, 0.4) is 0 Å². The number of alkyl halides is 3. The van der Waals surface area contributed by atoms with Crippen molar-refractivity contribution in [2.75, 3.05) is 11.4 Å². The molecule has 0 saturated carbocycles. The number of benzene rings is 1. The quantitative estimate of drug-likeness (QED) is 0.558. The van der Waals surface area contributed by atoms with Crippen LogP contribution in [0.15, 0.2) is 35.3 Å². The average molecular weight is 417 g/mol. The Morgan fingerprint density at radius 1 is 1.25 bits per heavy atom. The van der Waals surface area contributed by atoms with Crippen molar-refractivity contribution >= 4 is 23.0 Å². The number of anilines is 1. The first-order valence-corrected chi connectivity index (χ1v) is 8.83. The van der Waals surface area contributed by atoms with Crippen molar-refractivity contribution in [1.82, 2.24) is 9.78 Å². The summed E-state index contributed by atoms with van der Waals surface area (Å²) in [5, 5.41) is 14.5. The standard InChI is InChI=1S/C17H16ClF3N4O3/c1-10-2-3-11(17(19,20)21)9-23(10)14-8-22-24(16(26)15(14)18)12-4-6-13(7-5-12)25(27)28/h4-8,10-11H,2-3,9H2,1H3. The maximum absolute atomic E-state index is 13.1. The second-order valence-corrected chi connectivity index (χ2v) is 7.03. The van der Waals surface area contributed by atoms with Crippen molar-refractivity contribution in [3.05, 3.63) is 56.0 Å². The van der Waals surface area contributed by atoms with Gasteiger partial charge in [0.15, 0.2) is 0 Å². The van der Waals surface area contributed by atoms with Crippen molar-refractivity contribution in [2.24, 2.45) is 5.92 Å². The molecule has 1 aromatic carbocycles. The molecular weight excluding hydrogens is 401 g/mol. The summed E-state index contributed by atoms with van der Waals surface area (Å²) in [6.07, 6.45) is -2.75. The maximum atomic E-state index is 13.1. The van der Waals surface area contributed by atoms with E-state index in [4.69, 9.17) is 11.6 Å². The third-order valence-electron chi connectivity index (χ3n) is 4.86. The van der Waals surface area contributed by atoms with Crippen molar-refractivity contribution < 1.29 is 18.1 Å². The summed E-state index contributed by atoms with van der Waals surface area (Å²) >= 11 is 6.19. The van der Waals surface area contributed by atoms with Crippen molar-refractivity contribution in [3.8, 4) is 5.69 Å². The third kappa shape index (κ3) is 3.82. The molecule has 3 rings (SSSR count). The number of hydrogen-bond acceptors (Lipinski definition) is 5. The second kappa shape index (κ2) is 7.42. The number of non-ortho nitro benzene ring substituents is 1. The minimum Gasteiger partial charge on any atom is -0.366 e. The van der Waals surface area contributed by atoms with Crippen LogP contribution in [-0.4, -0.2) is 33.5 Å². The topological polar surface area (TPSA) is 81.3 Å². The van der Waals surface area contributed by atoms with Crippen molar-refractivity contribution in [3.63, 3.8) is 0 Å². The normalized spacial score (nSPS) is 20.2. The Labute approximate surface area is 162 Å². The summed E-state index contributed by atoms with van der Waals surface area (Å²) in [6, 6.07) is 4.88. The zero-order valence-corrected chi connectivity index (χ0v) is 15.4. The van der Waals surface area contributed by atoms with Gasteiger partial charge in [-0.3, -0.25) is 14.9 Å². The number of hydrogen-bond donors (Lipinski definition) is 0. The van der Waals surface area contributed by atoms with E-state index in [9.17, 15) is 28.1 Å². The molecule has 1 aliphatic rings.